The molecule has 1 heterocycles. The lowest BCUT2D eigenvalue weighted by Gasteiger charge is -2.03. The Balaban J connectivity index is 2.10. The van der Waals surface area contributed by atoms with Crippen molar-refractivity contribution >= 4 is 23.8 Å². The molecule has 0 saturated heterocycles. The van der Waals surface area contributed by atoms with Crippen LogP contribution in [0.4, 0.5) is 0 Å². The summed E-state index contributed by atoms with van der Waals surface area (Å²) in [5, 5.41) is 4.85. The second-order valence-corrected chi connectivity index (χ2v) is 4.80. The van der Waals surface area contributed by atoms with Gasteiger partial charge >= 0.3 is 5.97 Å². The minimum atomic E-state index is -0.417. The van der Waals surface area contributed by atoms with Gasteiger partial charge in [-0.05, 0) is 26.0 Å². The zero-order valence-corrected chi connectivity index (χ0v) is 11.9. The zero-order chi connectivity index (χ0) is 14.5. The van der Waals surface area contributed by atoms with Crippen molar-refractivity contribution < 1.29 is 9.53 Å². The molecule has 0 spiro atoms. The van der Waals surface area contributed by atoms with Gasteiger partial charge in [0.25, 0.3) is 0 Å². The first-order valence-electron chi connectivity index (χ1n) is 6.10. The quantitative estimate of drug-likeness (QED) is 0.642. The van der Waals surface area contributed by atoms with Gasteiger partial charge in [-0.3, -0.25) is 0 Å². The van der Waals surface area contributed by atoms with E-state index in [9.17, 15) is 4.79 Å². The third kappa shape index (κ3) is 3.93. The monoisotopic (exact) mass is 291 g/mol. The van der Waals surface area contributed by atoms with Crippen LogP contribution in [-0.4, -0.2) is 26.8 Å². The zero-order valence-electron chi connectivity index (χ0n) is 11.2. The van der Waals surface area contributed by atoms with Gasteiger partial charge < -0.3 is 4.74 Å². The number of benzene rings is 1. The van der Waals surface area contributed by atoms with Crippen molar-refractivity contribution in [1.29, 1.82) is 0 Å². The van der Waals surface area contributed by atoms with E-state index in [0.717, 1.165) is 5.56 Å². The van der Waals surface area contributed by atoms with Crippen LogP contribution in [-0.2, 0) is 9.53 Å². The smallest absolute Gasteiger partial charge is 0.332 e. The summed E-state index contributed by atoms with van der Waals surface area (Å²) < 4.78 is 6.42. The third-order valence-corrected chi connectivity index (χ3v) is 2.54. The van der Waals surface area contributed by atoms with E-state index < -0.39 is 5.97 Å². The van der Waals surface area contributed by atoms with E-state index in [0.29, 0.717) is 10.8 Å². The van der Waals surface area contributed by atoms with E-state index in [2.05, 4.69) is 10.1 Å². The van der Waals surface area contributed by atoms with Gasteiger partial charge in [0.1, 0.15) is 6.33 Å². The topological polar surface area (TPSA) is 57.0 Å². The summed E-state index contributed by atoms with van der Waals surface area (Å²) in [6.45, 7) is 3.58. The van der Waals surface area contributed by atoms with Crippen LogP contribution in [0.2, 0.25) is 5.02 Å². The van der Waals surface area contributed by atoms with Crippen LogP contribution in [0.5, 0.6) is 0 Å². The van der Waals surface area contributed by atoms with Crippen molar-refractivity contribution in [1.82, 2.24) is 14.8 Å². The Kier molecular flexibility index (Phi) is 4.53. The number of rotatable bonds is 4. The molecule has 0 aliphatic carbocycles. The Hall–Kier alpha value is -2.14. The molecule has 6 heteroatoms. The minimum Gasteiger partial charge on any atom is -0.460 e. The Bertz CT molecular complexity index is 635. The van der Waals surface area contributed by atoms with E-state index in [-0.39, 0.29) is 6.10 Å². The standard InChI is InChI=1S/C14H14ClN3O2/c1-10(2)20-13(19)6-7-18-9-16-14(17-18)11-4-3-5-12(15)8-11/h3-10H,1-2H3. The predicted octanol–water partition coefficient (Wildman–Crippen LogP) is 3.02. The molecule has 0 fully saturated rings. The number of hydrogen-bond acceptors (Lipinski definition) is 4. The summed E-state index contributed by atoms with van der Waals surface area (Å²) >= 11 is 5.92. The third-order valence-electron chi connectivity index (χ3n) is 2.31. The lowest BCUT2D eigenvalue weighted by atomic mass is 10.2. The molecular formula is C14H14ClN3O2. The van der Waals surface area contributed by atoms with Gasteiger partial charge in [-0.15, -0.1) is 5.10 Å². The highest BCUT2D eigenvalue weighted by atomic mass is 35.5. The number of carbonyl (C=O) groups is 1. The average molecular weight is 292 g/mol. The lowest BCUT2D eigenvalue weighted by Crippen LogP contribution is -2.08. The summed E-state index contributed by atoms with van der Waals surface area (Å²) in [6, 6.07) is 7.25. The predicted molar refractivity (Wildman–Crippen MR) is 77.0 cm³/mol. The normalized spacial score (nSPS) is 11.2. The number of ether oxygens (including phenoxy) is 1. The number of halogens is 1. The van der Waals surface area contributed by atoms with Crippen molar-refractivity contribution in [2.75, 3.05) is 0 Å². The highest BCUT2D eigenvalue weighted by Gasteiger charge is 2.04. The van der Waals surface area contributed by atoms with Crippen LogP contribution >= 0.6 is 11.6 Å². The SMILES string of the molecule is CC(C)OC(=O)C=Cn1cnc(-c2cccc(Cl)c2)n1. The van der Waals surface area contributed by atoms with E-state index >= 15 is 0 Å². The Morgan fingerprint density at radius 1 is 1.45 bits per heavy atom. The van der Waals surface area contributed by atoms with Crippen molar-refractivity contribution in [3.05, 3.63) is 41.7 Å². The van der Waals surface area contributed by atoms with E-state index in [1.807, 2.05) is 12.1 Å². The van der Waals surface area contributed by atoms with Crippen molar-refractivity contribution in [3.63, 3.8) is 0 Å². The maximum Gasteiger partial charge on any atom is 0.332 e. The van der Waals surface area contributed by atoms with Crippen molar-refractivity contribution in [3.8, 4) is 11.4 Å². The van der Waals surface area contributed by atoms with Gasteiger partial charge in [-0.25, -0.2) is 14.5 Å². The molecule has 0 saturated carbocycles. The molecule has 2 rings (SSSR count). The molecule has 104 valence electrons. The Morgan fingerprint density at radius 3 is 2.95 bits per heavy atom. The first kappa shape index (κ1) is 14.3. The molecule has 2 aromatic rings. The fourth-order valence-electron chi connectivity index (χ4n) is 1.52. The Morgan fingerprint density at radius 2 is 2.25 bits per heavy atom. The fourth-order valence-corrected chi connectivity index (χ4v) is 1.71. The maximum atomic E-state index is 11.4. The average Bonchev–Trinajstić information content (AvgIpc) is 2.84. The molecule has 20 heavy (non-hydrogen) atoms. The van der Waals surface area contributed by atoms with Crippen molar-refractivity contribution in [2.24, 2.45) is 0 Å². The number of nitrogens with zero attached hydrogens (tertiary/aromatic N) is 3. The molecule has 1 aromatic heterocycles. The van der Waals surface area contributed by atoms with Crippen LogP contribution in [0.15, 0.2) is 36.7 Å². The fraction of sp³-hybridized carbons (Fsp3) is 0.214. The summed E-state index contributed by atoms with van der Waals surface area (Å²) in [6.07, 6.45) is 4.15. The van der Waals surface area contributed by atoms with Gasteiger partial charge in [-0.2, -0.15) is 0 Å². The highest BCUT2D eigenvalue weighted by molar-refractivity contribution is 6.30. The first-order valence-corrected chi connectivity index (χ1v) is 6.48. The maximum absolute atomic E-state index is 11.4. The van der Waals surface area contributed by atoms with Gasteiger partial charge in [0.2, 0.25) is 0 Å². The van der Waals surface area contributed by atoms with Crippen LogP contribution in [0, 0.1) is 0 Å². The van der Waals surface area contributed by atoms with Crippen molar-refractivity contribution in [2.45, 2.75) is 20.0 Å². The van der Waals surface area contributed by atoms with Gasteiger partial charge in [0.05, 0.1) is 6.10 Å². The van der Waals surface area contributed by atoms with Gasteiger partial charge in [0, 0.05) is 22.9 Å². The molecule has 0 amide bonds. The second-order valence-electron chi connectivity index (χ2n) is 4.36. The van der Waals surface area contributed by atoms with Crippen LogP contribution in [0.3, 0.4) is 0 Å². The molecule has 0 aliphatic heterocycles. The van der Waals surface area contributed by atoms with Crippen LogP contribution in [0.1, 0.15) is 13.8 Å². The summed E-state index contributed by atoms with van der Waals surface area (Å²) in [5.41, 5.74) is 0.814. The second kappa shape index (κ2) is 6.34. The number of aromatic nitrogens is 3. The largest absolute Gasteiger partial charge is 0.460 e. The molecule has 0 unspecified atom stereocenters. The molecule has 1 aromatic carbocycles. The molecule has 0 aliphatic rings. The van der Waals surface area contributed by atoms with E-state index in [1.165, 1.54) is 23.3 Å². The molecule has 0 atom stereocenters. The van der Waals surface area contributed by atoms with Gasteiger partial charge in [-0.1, -0.05) is 23.7 Å². The number of esters is 1. The van der Waals surface area contributed by atoms with Crippen LogP contribution < -0.4 is 0 Å². The summed E-state index contributed by atoms with van der Waals surface area (Å²) in [5.74, 6) is 0.120. The molecule has 0 bridgehead atoms. The Labute approximate surface area is 121 Å². The van der Waals surface area contributed by atoms with E-state index in [4.69, 9.17) is 16.3 Å². The van der Waals surface area contributed by atoms with Crippen LogP contribution in [0.25, 0.3) is 17.6 Å². The summed E-state index contributed by atoms with van der Waals surface area (Å²) in [4.78, 5) is 15.5. The first-order chi connectivity index (χ1) is 9.54. The summed E-state index contributed by atoms with van der Waals surface area (Å²) in [7, 11) is 0. The molecular weight excluding hydrogens is 278 g/mol. The van der Waals surface area contributed by atoms with Gasteiger partial charge in [0.15, 0.2) is 5.82 Å². The minimum absolute atomic E-state index is 0.148. The number of hydrogen-bond donors (Lipinski definition) is 0. The molecule has 0 radical (unpaired) electrons. The molecule has 5 nitrogen and oxygen atoms in total. The molecule has 0 N–H and O–H groups in total. The highest BCUT2D eigenvalue weighted by Crippen LogP contribution is 2.18. The van der Waals surface area contributed by atoms with E-state index in [1.54, 1.807) is 26.0 Å². The lowest BCUT2D eigenvalue weighted by molar-refractivity contribution is -0.141. The number of carbonyl (C=O) groups excluding carboxylic acids is 1.